The second-order valence-corrected chi connectivity index (χ2v) is 9.26. The van der Waals surface area contributed by atoms with Gasteiger partial charge in [-0.25, -0.2) is 12.7 Å². The molecule has 1 amide bonds. The number of rotatable bonds is 8. The SMILES string of the molecule is Cc1ccc(CSCC(=O)NCc2ccccc2S(=O)(=O)N(C)C)cc1. The van der Waals surface area contributed by atoms with Crippen LogP contribution in [0.1, 0.15) is 16.7 Å². The van der Waals surface area contributed by atoms with E-state index in [9.17, 15) is 13.2 Å². The van der Waals surface area contributed by atoms with Gasteiger partial charge in [-0.3, -0.25) is 4.79 Å². The Morgan fingerprint density at radius 2 is 1.73 bits per heavy atom. The van der Waals surface area contributed by atoms with Crippen molar-refractivity contribution >= 4 is 27.7 Å². The first kappa shape index (κ1) is 20.5. The molecule has 7 heteroatoms. The van der Waals surface area contributed by atoms with Crippen molar-refractivity contribution in [3.63, 3.8) is 0 Å². The maximum atomic E-state index is 12.4. The van der Waals surface area contributed by atoms with Gasteiger partial charge in [-0.15, -0.1) is 11.8 Å². The van der Waals surface area contributed by atoms with E-state index in [1.807, 2.05) is 6.92 Å². The first-order valence-corrected chi connectivity index (χ1v) is 10.8. The standard InChI is InChI=1S/C19H24N2O3S2/c1-15-8-10-16(11-9-15)13-25-14-19(22)20-12-17-6-4-5-7-18(17)26(23,24)21(2)3/h4-11H,12-14H2,1-3H3,(H,20,22). The zero-order chi connectivity index (χ0) is 19.2. The largest absolute Gasteiger partial charge is 0.351 e. The second kappa shape index (κ2) is 9.21. The summed E-state index contributed by atoms with van der Waals surface area (Å²) < 4.78 is 25.9. The Hall–Kier alpha value is -1.83. The van der Waals surface area contributed by atoms with Crippen LogP contribution in [0.25, 0.3) is 0 Å². The van der Waals surface area contributed by atoms with Gasteiger partial charge in [-0.2, -0.15) is 0 Å². The predicted octanol–water partition coefficient (Wildman–Crippen LogP) is 2.79. The van der Waals surface area contributed by atoms with Crippen LogP contribution in [-0.2, 0) is 27.1 Å². The molecular formula is C19H24N2O3S2. The molecule has 5 nitrogen and oxygen atoms in total. The molecule has 0 saturated carbocycles. The monoisotopic (exact) mass is 392 g/mol. The van der Waals surface area contributed by atoms with Gasteiger partial charge in [0, 0.05) is 26.4 Å². The molecule has 2 aromatic carbocycles. The third kappa shape index (κ3) is 5.59. The van der Waals surface area contributed by atoms with Crippen LogP contribution in [0, 0.1) is 6.92 Å². The molecule has 0 aliphatic carbocycles. The van der Waals surface area contributed by atoms with Crippen molar-refractivity contribution in [1.82, 2.24) is 9.62 Å². The lowest BCUT2D eigenvalue weighted by Crippen LogP contribution is -2.28. The lowest BCUT2D eigenvalue weighted by molar-refractivity contribution is -0.118. The number of carbonyl (C=O) groups excluding carboxylic acids is 1. The zero-order valence-electron chi connectivity index (χ0n) is 15.2. The Bertz CT molecular complexity index is 847. The summed E-state index contributed by atoms with van der Waals surface area (Å²) in [6, 6.07) is 14.9. The van der Waals surface area contributed by atoms with Crippen LogP contribution in [0.2, 0.25) is 0 Å². The summed E-state index contributed by atoms with van der Waals surface area (Å²) >= 11 is 1.53. The van der Waals surface area contributed by atoms with E-state index in [4.69, 9.17) is 0 Å². The lowest BCUT2D eigenvalue weighted by atomic mass is 10.2. The summed E-state index contributed by atoms with van der Waals surface area (Å²) in [4.78, 5) is 12.3. The zero-order valence-corrected chi connectivity index (χ0v) is 16.9. The number of hydrogen-bond donors (Lipinski definition) is 1. The van der Waals surface area contributed by atoms with Crippen molar-refractivity contribution in [2.45, 2.75) is 24.1 Å². The number of sulfonamides is 1. The molecule has 0 fully saturated rings. The summed E-state index contributed by atoms with van der Waals surface area (Å²) in [5, 5.41) is 2.80. The fourth-order valence-corrected chi connectivity index (χ4v) is 4.22. The van der Waals surface area contributed by atoms with Gasteiger partial charge in [-0.1, -0.05) is 48.0 Å². The first-order valence-electron chi connectivity index (χ1n) is 8.21. The topological polar surface area (TPSA) is 66.5 Å². The van der Waals surface area contributed by atoms with Crippen LogP contribution >= 0.6 is 11.8 Å². The maximum Gasteiger partial charge on any atom is 0.242 e. The molecular weight excluding hydrogens is 368 g/mol. The normalized spacial score (nSPS) is 11.5. The quantitative estimate of drug-likeness (QED) is 0.750. The smallest absolute Gasteiger partial charge is 0.242 e. The lowest BCUT2D eigenvalue weighted by Gasteiger charge is -2.15. The summed E-state index contributed by atoms with van der Waals surface area (Å²) in [5.41, 5.74) is 2.97. The molecule has 0 radical (unpaired) electrons. The molecule has 0 heterocycles. The van der Waals surface area contributed by atoms with Crippen molar-refractivity contribution in [2.24, 2.45) is 0 Å². The minimum atomic E-state index is -3.54. The van der Waals surface area contributed by atoms with Crippen molar-refractivity contribution in [1.29, 1.82) is 0 Å². The molecule has 0 saturated heterocycles. The average Bonchev–Trinajstić information content (AvgIpc) is 2.61. The van der Waals surface area contributed by atoms with Gasteiger partial charge >= 0.3 is 0 Å². The van der Waals surface area contributed by atoms with Gasteiger partial charge in [0.2, 0.25) is 15.9 Å². The van der Waals surface area contributed by atoms with Gasteiger partial charge in [0.25, 0.3) is 0 Å². The highest BCUT2D eigenvalue weighted by atomic mass is 32.2. The van der Waals surface area contributed by atoms with Gasteiger partial charge in [0.05, 0.1) is 10.6 Å². The average molecular weight is 393 g/mol. The molecule has 0 spiro atoms. The van der Waals surface area contributed by atoms with E-state index < -0.39 is 10.0 Å². The van der Waals surface area contributed by atoms with E-state index in [2.05, 4.69) is 29.6 Å². The van der Waals surface area contributed by atoms with Crippen LogP contribution in [0.15, 0.2) is 53.4 Å². The summed E-state index contributed by atoms with van der Waals surface area (Å²) in [6.45, 7) is 2.23. The van der Waals surface area contributed by atoms with Crippen molar-refractivity contribution in [3.8, 4) is 0 Å². The fraction of sp³-hybridized carbons (Fsp3) is 0.316. The molecule has 1 N–H and O–H groups in total. The minimum Gasteiger partial charge on any atom is -0.351 e. The number of benzene rings is 2. The first-order chi connectivity index (χ1) is 12.3. The van der Waals surface area contributed by atoms with Gasteiger partial charge in [0.1, 0.15) is 0 Å². The maximum absolute atomic E-state index is 12.4. The molecule has 140 valence electrons. The van der Waals surface area contributed by atoms with Crippen molar-refractivity contribution < 1.29 is 13.2 Å². The Morgan fingerprint density at radius 1 is 1.08 bits per heavy atom. The summed E-state index contributed by atoms with van der Waals surface area (Å²) in [7, 11) is -0.550. The molecule has 0 bridgehead atoms. The third-order valence-corrected chi connectivity index (χ3v) is 6.75. The van der Waals surface area contributed by atoms with Crippen LogP contribution in [0.4, 0.5) is 0 Å². The highest BCUT2D eigenvalue weighted by Crippen LogP contribution is 2.18. The van der Waals surface area contributed by atoms with Crippen LogP contribution in [0.3, 0.4) is 0 Å². The van der Waals surface area contributed by atoms with Crippen LogP contribution < -0.4 is 5.32 Å². The number of aryl methyl sites for hydroxylation is 1. The molecule has 26 heavy (non-hydrogen) atoms. The minimum absolute atomic E-state index is 0.112. The molecule has 0 aliphatic rings. The van der Waals surface area contributed by atoms with E-state index in [1.165, 1.54) is 41.3 Å². The number of nitrogens with zero attached hydrogens (tertiary/aromatic N) is 1. The summed E-state index contributed by atoms with van der Waals surface area (Å²) in [5.74, 6) is 0.981. The second-order valence-electron chi connectivity index (χ2n) is 6.15. The predicted molar refractivity (Wildman–Crippen MR) is 107 cm³/mol. The van der Waals surface area contributed by atoms with Gasteiger partial charge in [-0.05, 0) is 24.1 Å². The van der Waals surface area contributed by atoms with Crippen LogP contribution in [-0.4, -0.2) is 38.5 Å². The van der Waals surface area contributed by atoms with Crippen molar-refractivity contribution in [3.05, 3.63) is 65.2 Å². The van der Waals surface area contributed by atoms with Gasteiger partial charge < -0.3 is 5.32 Å². The Morgan fingerprint density at radius 3 is 2.38 bits per heavy atom. The van der Waals surface area contributed by atoms with Crippen molar-refractivity contribution in [2.75, 3.05) is 19.8 Å². The molecule has 0 unspecified atom stereocenters. The molecule has 0 atom stereocenters. The van der Waals surface area contributed by atoms with E-state index in [-0.39, 0.29) is 17.3 Å². The molecule has 2 aromatic rings. The highest BCUT2D eigenvalue weighted by molar-refractivity contribution is 7.99. The number of thioether (sulfide) groups is 1. The Balaban J connectivity index is 1.89. The number of nitrogens with one attached hydrogen (secondary N) is 1. The Kier molecular flexibility index (Phi) is 7.25. The summed E-state index contributed by atoms with van der Waals surface area (Å²) in [6.07, 6.45) is 0. The number of amides is 1. The van der Waals surface area contributed by atoms with Gasteiger partial charge in [0.15, 0.2) is 0 Å². The third-order valence-electron chi connectivity index (χ3n) is 3.83. The van der Waals surface area contributed by atoms with E-state index in [0.717, 1.165) is 5.75 Å². The van der Waals surface area contributed by atoms with E-state index >= 15 is 0 Å². The van der Waals surface area contributed by atoms with Crippen LogP contribution in [0.5, 0.6) is 0 Å². The molecule has 0 aromatic heterocycles. The molecule has 2 rings (SSSR count). The number of carbonyl (C=O) groups is 1. The fourth-order valence-electron chi connectivity index (χ4n) is 2.29. The Labute approximate surface area is 159 Å². The molecule has 0 aliphatic heterocycles. The van der Waals surface area contributed by atoms with E-state index in [0.29, 0.717) is 11.3 Å². The number of hydrogen-bond acceptors (Lipinski definition) is 4. The highest BCUT2D eigenvalue weighted by Gasteiger charge is 2.20. The van der Waals surface area contributed by atoms with E-state index in [1.54, 1.807) is 24.3 Å².